The van der Waals surface area contributed by atoms with Crippen molar-refractivity contribution < 1.29 is 10.0 Å². The lowest BCUT2D eigenvalue weighted by Crippen LogP contribution is -1.84. The van der Waals surface area contributed by atoms with Crippen LogP contribution in [0, 0.1) is 0 Å². The van der Waals surface area contributed by atoms with Gasteiger partial charge in [0.15, 0.2) is 0 Å². The van der Waals surface area contributed by atoms with Gasteiger partial charge in [0.05, 0.1) is 0 Å². The normalized spacial score (nSPS) is 9.00. The summed E-state index contributed by atoms with van der Waals surface area (Å²) < 4.78 is 0. The third kappa shape index (κ3) is 7.90. The molecule has 13 heavy (non-hydrogen) atoms. The summed E-state index contributed by atoms with van der Waals surface area (Å²) in [6.45, 7) is 4.41. The quantitative estimate of drug-likeness (QED) is 0.557. The summed E-state index contributed by atoms with van der Waals surface area (Å²) in [4.78, 5) is 1.36. The second-order valence-corrected chi connectivity index (χ2v) is 4.27. The van der Waals surface area contributed by atoms with E-state index in [1.54, 1.807) is 0 Å². The summed E-state index contributed by atoms with van der Waals surface area (Å²) in [5.74, 6) is 0. The van der Waals surface area contributed by atoms with Crippen LogP contribution in [0.2, 0.25) is 0 Å². The molecule has 0 unspecified atom stereocenters. The Labute approximate surface area is 84.3 Å². The predicted molar refractivity (Wildman–Crippen MR) is 59.0 cm³/mol. The summed E-state index contributed by atoms with van der Waals surface area (Å²) in [6.07, 6.45) is 0. The first-order valence-electron chi connectivity index (χ1n) is 4.14. The first-order valence-corrected chi connectivity index (χ1v) is 5.02. The van der Waals surface area contributed by atoms with Gasteiger partial charge >= 0.3 is 7.69 Å². The van der Waals surface area contributed by atoms with Crippen LogP contribution in [-0.4, -0.2) is 23.0 Å². The molecular formula is C9H15BO2S. The van der Waals surface area contributed by atoms with E-state index in [1.165, 1.54) is 4.90 Å². The largest absolute Gasteiger partial charge is 0.432 e. The molecule has 72 valence electrons. The molecule has 0 aliphatic rings. The van der Waals surface area contributed by atoms with Crippen molar-refractivity contribution in [3.8, 4) is 0 Å². The van der Waals surface area contributed by atoms with Crippen LogP contribution in [0.25, 0.3) is 0 Å². The molecule has 0 aromatic heterocycles. The van der Waals surface area contributed by atoms with Gasteiger partial charge in [0.1, 0.15) is 0 Å². The lowest BCUT2D eigenvalue weighted by Gasteiger charge is -2.02. The summed E-state index contributed by atoms with van der Waals surface area (Å²) >= 11 is 1.90. The minimum Gasteiger partial charge on any atom is -0.430 e. The van der Waals surface area contributed by atoms with Gasteiger partial charge in [-0.3, -0.25) is 0 Å². The summed E-state index contributed by atoms with van der Waals surface area (Å²) in [5, 5.41) is 14.9. The maximum atomic E-state index is 7.12. The molecule has 0 atom stereocenters. The Hall–Kier alpha value is -0.445. The Kier molecular flexibility index (Phi) is 7.89. The van der Waals surface area contributed by atoms with Crippen LogP contribution < -0.4 is 0 Å². The molecule has 4 heteroatoms. The van der Waals surface area contributed by atoms with E-state index in [2.05, 4.69) is 38.1 Å². The highest BCUT2D eigenvalue weighted by molar-refractivity contribution is 7.99. The van der Waals surface area contributed by atoms with Gasteiger partial charge in [0.25, 0.3) is 0 Å². The van der Waals surface area contributed by atoms with Crippen molar-refractivity contribution in [3.05, 3.63) is 30.3 Å². The molecule has 1 aromatic rings. The van der Waals surface area contributed by atoms with Gasteiger partial charge in [-0.1, -0.05) is 32.0 Å². The van der Waals surface area contributed by atoms with E-state index in [0.717, 1.165) is 0 Å². The van der Waals surface area contributed by atoms with Crippen molar-refractivity contribution in [2.24, 2.45) is 0 Å². The molecule has 2 N–H and O–H groups in total. The van der Waals surface area contributed by atoms with Gasteiger partial charge in [-0.05, 0) is 12.1 Å². The van der Waals surface area contributed by atoms with E-state index >= 15 is 0 Å². The minimum atomic E-state index is -0.750. The number of thioether (sulfide) groups is 1. The highest BCUT2D eigenvalue weighted by Crippen LogP contribution is 2.21. The molecule has 1 rings (SSSR count). The smallest absolute Gasteiger partial charge is 0.430 e. The Balaban J connectivity index is 0.000000424. The van der Waals surface area contributed by atoms with E-state index in [1.807, 2.05) is 17.8 Å². The number of rotatable bonds is 2. The van der Waals surface area contributed by atoms with E-state index < -0.39 is 7.69 Å². The van der Waals surface area contributed by atoms with E-state index in [0.29, 0.717) is 5.25 Å². The lowest BCUT2D eigenvalue weighted by atomic mass is 10.4. The van der Waals surface area contributed by atoms with Gasteiger partial charge in [-0.15, -0.1) is 11.8 Å². The van der Waals surface area contributed by atoms with Crippen LogP contribution in [0.4, 0.5) is 0 Å². The van der Waals surface area contributed by atoms with Crippen LogP contribution >= 0.6 is 11.8 Å². The maximum absolute atomic E-state index is 7.12. The average molecular weight is 198 g/mol. The molecule has 0 spiro atoms. The van der Waals surface area contributed by atoms with E-state index in [4.69, 9.17) is 10.0 Å². The first-order chi connectivity index (χ1) is 6.20. The predicted octanol–water partition coefficient (Wildman–Crippen LogP) is 1.42. The molecule has 2 nitrogen and oxygen atoms in total. The molecule has 0 heterocycles. The SMILES string of the molecule is CC(C)Sc1ccccc1.OBO. The van der Waals surface area contributed by atoms with Gasteiger partial charge in [0, 0.05) is 10.1 Å². The molecule has 1 aromatic carbocycles. The third-order valence-electron chi connectivity index (χ3n) is 1.11. The Morgan fingerprint density at radius 1 is 1.15 bits per heavy atom. The van der Waals surface area contributed by atoms with Crippen LogP contribution in [0.5, 0.6) is 0 Å². The molecule has 0 bridgehead atoms. The van der Waals surface area contributed by atoms with Crippen LogP contribution in [0.15, 0.2) is 35.2 Å². The van der Waals surface area contributed by atoms with Crippen LogP contribution in [-0.2, 0) is 0 Å². The fourth-order valence-electron chi connectivity index (χ4n) is 0.771. The standard InChI is InChI=1S/C9H12S.BH3O2/c1-8(2)10-9-6-4-3-5-7-9;2-1-3/h3-8H,1-2H3;1-3H. The molecule has 0 radical (unpaired) electrons. The molecule has 0 aliphatic carbocycles. The first kappa shape index (κ1) is 12.6. The topological polar surface area (TPSA) is 40.5 Å². The van der Waals surface area contributed by atoms with Crippen molar-refractivity contribution in [3.63, 3.8) is 0 Å². The fourth-order valence-corrected chi connectivity index (χ4v) is 1.63. The molecule has 0 saturated heterocycles. The number of hydrogen-bond donors (Lipinski definition) is 2. The Morgan fingerprint density at radius 3 is 2.00 bits per heavy atom. The zero-order chi connectivity index (χ0) is 10.1. The number of hydrogen-bond acceptors (Lipinski definition) is 3. The zero-order valence-corrected chi connectivity index (χ0v) is 8.79. The monoisotopic (exact) mass is 198 g/mol. The molecule has 0 fully saturated rings. The average Bonchev–Trinajstić information content (AvgIpc) is 2.06. The van der Waals surface area contributed by atoms with E-state index in [-0.39, 0.29) is 0 Å². The third-order valence-corrected chi connectivity index (χ3v) is 2.13. The fraction of sp³-hybridized carbons (Fsp3) is 0.333. The lowest BCUT2D eigenvalue weighted by molar-refractivity contribution is 0.448. The van der Waals surface area contributed by atoms with Crippen LogP contribution in [0.3, 0.4) is 0 Å². The molecule has 0 saturated carbocycles. The van der Waals surface area contributed by atoms with Gasteiger partial charge in [0.2, 0.25) is 0 Å². The Morgan fingerprint density at radius 2 is 1.62 bits per heavy atom. The van der Waals surface area contributed by atoms with Gasteiger partial charge in [-0.2, -0.15) is 0 Å². The maximum Gasteiger partial charge on any atom is 0.432 e. The minimum absolute atomic E-state index is 0.683. The zero-order valence-electron chi connectivity index (χ0n) is 7.97. The molecular weight excluding hydrogens is 183 g/mol. The highest BCUT2D eigenvalue weighted by atomic mass is 32.2. The van der Waals surface area contributed by atoms with E-state index in [9.17, 15) is 0 Å². The molecule has 0 amide bonds. The summed E-state index contributed by atoms with van der Waals surface area (Å²) in [6, 6.07) is 10.5. The summed E-state index contributed by atoms with van der Waals surface area (Å²) in [5.41, 5.74) is 0. The molecule has 0 aliphatic heterocycles. The van der Waals surface area contributed by atoms with Crippen molar-refractivity contribution in [2.75, 3.05) is 0 Å². The van der Waals surface area contributed by atoms with Gasteiger partial charge in [-0.25, -0.2) is 0 Å². The highest BCUT2D eigenvalue weighted by Gasteiger charge is 1.94. The Bertz CT molecular complexity index is 204. The van der Waals surface area contributed by atoms with Gasteiger partial charge < -0.3 is 10.0 Å². The summed E-state index contributed by atoms with van der Waals surface area (Å²) in [7, 11) is -0.750. The number of benzene rings is 1. The second-order valence-electron chi connectivity index (χ2n) is 2.62. The van der Waals surface area contributed by atoms with Crippen molar-refractivity contribution in [1.29, 1.82) is 0 Å². The van der Waals surface area contributed by atoms with Crippen molar-refractivity contribution in [1.82, 2.24) is 0 Å². The van der Waals surface area contributed by atoms with Crippen LogP contribution in [0.1, 0.15) is 13.8 Å². The van der Waals surface area contributed by atoms with Crippen molar-refractivity contribution >= 4 is 19.4 Å². The van der Waals surface area contributed by atoms with Crippen molar-refractivity contribution in [2.45, 2.75) is 24.0 Å². The second kappa shape index (κ2) is 8.17.